The summed E-state index contributed by atoms with van der Waals surface area (Å²) in [5, 5.41) is 7.89. The molecule has 0 radical (unpaired) electrons. The number of anilines is 1. The number of hydrogen-bond acceptors (Lipinski definition) is 3. The molecule has 1 aromatic carbocycles. The van der Waals surface area contributed by atoms with Crippen LogP contribution in [-0.4, -0.2) is 39.9 Å². The Morgan fingerprint density at radius 1 is 1.29 bits per heavy atom. The molecule has 1 saturated heterocycles. The quantitative estimate of drug-likeness (QED) is 0.916. The fraction of sp³-hybridized carbons (Fsp3) is 0.471. The van der Waals surface area contributed by atoms with E-state index >= 15 is 0 Å². The summed E-state index contributed by atoms with van der Waals surface area (Å²) < 4.78 is 1.94. The molecule has 3 rings (SSSR count). The summed E-state index contributed by atoms with van der Waals surface area (Å²) in [6.07, 6.45) is 5.04. The molecule has 1 aromatic heterocycles. The molecule has 112 valence electrons. The number of nitrogens with zero attached hydrogens (tertiary/aromatic N) is 3. The fourth-order valence-corrected chi connectivity index (χ4v) is 2.90. The van der Waals surface area contributed by atoms with Gasteiger partial charge in [-0.1, -0.05) is 12.1 Å². The van der Waals surface area contributed by atoms with Gasteiger partial charge in [0.15, 0.2) is 0 Å². The molecule has 1 atom stereocenters. The van der Waals surface area contributed by atoms with Crippen LogP contribution in [0.4, 0.5) is 5.69 Å². The highest BCUT2D eigenvalue weighted by atomic mass is 15.3. The van der Waals surface area contributed by atoms with Crippen molar-refractivity contribution in [3.63, 3.8) is 0 Å². The average molecular weight is 284 g/mol. The Bertz CT molecular complexity index is 545. The van der Waals surface area contributed by atoms with Crippen LogP contribution >= 0.6 is 0 Å². The van der Waals surface area contributed by atoms with E-state index in [0.29, 0.717) is 12.1 Å². The second kappa shape index (κ2) is 6.31. The zero-order valence-electron chi connectivity index (χ0n) is 12.9. The third-order valence-corrected chi connectivity index (χ3v) is 4.18. The monoisotopic (exact) mass is 284 g/mol. The molecule has 2 aromatic rings. The fourth-order valence-electron chi connectivity index (χ4n) is 2.90. The van der Waals surface area contributed by atoms with E-state index in [1.54, 1.807) is 0 Å². The first-order valence-corrected chi connectivity index (χ1v) is 7.77. The number of rotatable bonds is 5. The van der Waals surface area contributed by atoms with Gasteiger partial charge in [0.05, 0.1) is 6.54 Å². The minimum absolute atomic E-state index is 0.573. The van der Waals surface area contributed by atoms with Crippen molar-refractivity contribution in [1.29, 1.82) is 0 Å². The third-order valence-electron chi connectivity index (χ3n) is 4.18. The second-order valence-electron chi connectivity index (χ2n) is 6.12. The van der Waals surface area contributed by atoms with Gasteiger partial charge in [0.2, 0.25) is 0 Å². The van der Waals surface area contributed by atoms with Crippen molar-refractivity contribution in [3.8, 4) is 0 Å². The molecule has 0 aliphatic carbocycles. The Balaban J connectivity index is 1.55. The van der Waals surface area contributed by atoms with E-state index in [1.807, 2.05) is 23.1 Å². The lowest BCUT2D eigenvalue weighted by Crippen LogP contribution is -2.31. The maximum atomic E-state index is 4.24. The van der Waals surface area contributed by atoms with Crippen molar-refractivity contribution < 1.29 is 0 Å². The van der Waals surface area contributed by atoms with Crippen LogP contribution in [0.1, 0.15) is 25.8 Å². The summed E-state index contributed by atoms with van der Waals surface area (Å²) in [5.74, 6) is 0. The lowest BCUT2D eigenvalue weighted by atomic mass is 10.2. The summed E-state index contributed by atoms with van der Waals surface area (Å²) in [7, 11) is 0. The molecule has 0 bridgehead atoms. The van der Waals surface area contributed by atoms with Crippen molar-refractivity contribution in [3.05, 3.63) is 48.3 Å². The van der Waals surface area contributed by atoms with E-state index in [9.17, 15) is 0 Å². The zero-order valence-corrected chi connectivity index (χ0v) is 12.9. The third kappa shape index (κ3) is 3.64. The van der Waals surface area contributed by atoms with Crippen LogP contribution in [0.2, 0.25) is 0 Å². The van der Waals surface area contributed by atoms with Gasteiger partial charge in [-0.05, 0) is 44.0 Å². The van der Waals surface area contributed by atoms with Crippen molar-refractivity contribution in [2.45, 2.75) is 38.9 Å². The molecule has 4 heteroatoms. The minimum Gasteiger partial charge on any atom is -0.381 e. The highest BCUT2D eigenvalue weighted by molar-refractivity contribution is 5.45. The molecule has 2 heterocycles. The normalized spacial score (nSPS) is 19.3. The van der Waals surface area contributed by atoms with Gasteiger partial charge in [-0.25, -0.2) is 0 Å². The van der Waals surface area contributed by atoms with Crippen LogP contribution in [0.5, 0.6) is 0 Å². The van der Waals surface area contributed by atoms with Gasteiger partial charge in [-0.2, -0.15) is 5.10 Å². The van der Waals surface area contributed by atoms with Gasteiger partial charge in [-0.15, -0.1) is 0 Å². The number of likely N-dealkylation sites (tertiary alicyclic amines) is 1. The van der Waals surface area contributed by atoms with E-state index < -0.39 is 0 Å². The Kier molecular flexibility index (Phi) is 4.25. The standard InChI is InChI=1S/C17H24N4/c1-14(2)20-11-8-17(13-20)19-16-6-4-15(5-7-16)12-21-10-3-9-18-21/h3-7,9-10,14,17,19H,8,11-13H2,1-2H3. The molecule has 1 fully saturated rings. The smallest absolute Gasteiger partial charge is 0.0659 e. The molecule has 1 unspecified atom stereocenters. The van der Waals surface area contributed by atoms with E-state index in [4.69, 9.17) is 0 Å². The lowest BCUT2D eigenvalue weighted by Gasteiger charge is -2.21. The Labute approximate surface area is 126 Å². The predicted molar refractivity (Wildman–Crippen MR) is 86.5 cm³/mol. The molecular formula is C17H24N4. The summed E-state index contributed by atoms with van der Waals surface area (Å²) in [6.45, 7) is 7.72. The lowest BCUT2D eigenvalue weighted by molar-refractivity contribution is 0.274. The summed E-state index contributed by atoms with van der Waals surface area (Å²) in [4.78, 5) is 2.53. The Hall–Kier alpha value is -1.81. The van der Waals surface area contributed by atoms with Gasteiger partial charge in [0, 0.05) is 43.3 Å². The van der Waals surface area contributed by atoms with Crippen molar-refractivity contribution in [1.82, 2.24) is 14.7 Å². The van der Waals surface area contributed by atoms with Crippen LogP contribution in [0.25, 0.3) is 0 Å². The Morgan fingerprint density at radius 3 is 2.71 bits per heavy atom. The number of benzene rings is 1. The van der Waals surface area contributed by atoms with E-state index in [0.717, 1.165) is 13.1 Å². The molecule has 0 saturated carbocycles. The SMILES string of the molecule is CC(C)N1CCC(Nc2ccc(Cn3cccn3)cc2)C1. The first kappa shape index (κ1) is 14.1. The van der Waals surface area contributed by atoms with E-state index in [2.05, 4.69) is 53.4 Å². The maximum absolute atomic E-state index is 4.24. The largest absolute Gasteiger partial charge is 0.381 e. The predicted octanol–water partition coefficient (Wildman–Crippen LogP) is 2.83. The van der Waals surface area contributed by atoms with E-state index in [-0.39, 0.29) is 0 Å². The molecule has 21 heavy (non-hydrogen) atoms. The van der Waals surface area contributed by atoms with Crippen molar-refractivity contribution >= 4 is 5.69 Å². The first-order chi connectivity index (χ1) is 10.2. The van der Waals surface area contributed by atoms with Gasteiger partial charge < -0.3 is 5.32 Å². The number of hydrogen-bond donors (Lipinski definition) is 1. The summed E-state index contributed by atoms with van der Waals surface area (Å²) in [6, 6.07) is 11.9. The molecule has 1 aliphatic rings. The first-order valence-electron chi connectivity index (χ1n) is 7.77. The highest BCUT2D eigenvalue weighted by Gasteiger charge is 2.23. The van der Waals surface area contributed by atoms with Crippen LogP contribution < -0.4 is 5.32 Å². The summed E-state index contributed by atoms with van der Waals surface area (Å²) in [5.41, 5.74) is 2.49. The van der Waals surface area contributed by atoms with Crippen LogP contribution in [0.3, 0.4) is 0 Å². The van der Waals surface area contributed by atoms with Crippen molar-refractivity contribution in [2.24, 2.45) is 0 Å². The average Bonchev–Trinajstić information content (AvgIpc) is 3.12. The van der Waals surface area contributed by atoms with Crippen LogP contribution in [0, 0.1) is 0 Å². The maximum Gasteiger partial charge on any atom is 0.0659 e. The zero-order chi connectivity index (χ0) is 14.7. The molecular weight excluding hydrogens is 260 g/mol. The van der Waals surface area contributed by atoms with Gasteiger partial charge >= 0.3 is 0 Å². The number of nitrogens with one attached hydrogen (secondary N) is 1. The molecule has 4 nitrogen and oxygen atoms in total. The van der Waals surface area contributed by atoms with Crippen LogP contribution in [0.15, 0.2) is 42.7 Å². The van der Waals surface area contributed by atoms with E-state index in [1.165, 1.54) is 24.2 Å². The second-order valence-corrected chi connectivity index (χ2v) is 6.12. The van der Waals surface area contributed by atoms with Gasteiger partial charge in [0.1, 0.15) is 0 Å². The molecule has 0 amide bonds. The van der Waals surface area contributed by atoms with Crippen LogP contribution in [-0.2, 0) is 6.54 Å². The number of aromatic nitrogens is 2. The topological polar surface area (TPSA) is 33.1 Å². The van der Waals surface area contributed by atoms with Crippen molar-refractivity contribution in [2.75, 3.05) is 18.4 Å². The van der Waals surface area contributed by atoms with Gasteiger partial charge in [-0.3, -0.25) is 9.58 Å². The molecule has 1 aliphatic heterocycles. The summed E-state index contributed by atoms with van der Waals surface area (Å²) >= 11 is 0. The Morgan fingerprint density at radius 2 is 2.10 bits per heavy atom. The molecule has 0 spiro atoms. The molecule has 1 N–H and O–H groups in total. The highest BCUT2D eigenvalue weighted by Crippen LogP contribution is 2.18. The minimum atomic E-state index is 0.573. The van der Waals surface area contributed by atoms with Gasteiger partial charge in [0.25, 0.3) is 0 Å².